The fourth-order valence-corrected chi connectivity index (χ4v) is 7.40. The minimum absolute atomic E-state index is 0.0111. The van der Waals surface area contributed by atoms with Gasteiger partial charge in [-0.25, -0.2) is 0 Å². The fraction of sp³-hybridized carbons (Fsp3) is 0.468. The molecule has 0 bridgehead atoms. The minimum Gasteiger partial charge on any atom is -0.778 e. The van der Waals surface area contributed by atoms with E-state index in [0.717, 1.165) is 41.4 Å². The minimum atomic E-state index is -4.52. The third-order valence-corrected chi connectivity index (χ3v) is 10.9. The van der Waals surface area contributed by atoms with Gasteiger partial charge in [-0.2, -0.15) is 13.2 Å². The normalized spacial score (nSPS) is 14.8. The average Bonchev–Trinajstić information content (AvgIpc) is 3.95. The van der Waals surface area contributed by atoms with Crippen LogP contribution in [-0.2, 0) is 51.9 Å². The van der Waals surface area contributed by atoms with E-state index < -0.39 is 53.6 Å². The van der Waals surface area contributed by atoms with Crippen molar-refractivity contribution in [2.45, 2.75) is 76.8 Å². The van der Waals surface area contributed by atoms with E-state index in [9.17, 15) is 47.1 Å². The highest BCUT2D eigenvalue weighted by molar-refractivity contribution is 7.94. The molecule has 1 aliphatic rings. The number of hydrogen-bond acceptors (Lipinski definition) is 13. The Hall–Kier alpha value is -4.32. The molecule has 18 nitrogen and oxygen atoms in total. The molecule has 2 amide bonds. The fourth-order valence-electron chi connectivity index (χ4n) is 6.42. The van der Waals surface area contributed by atoms with Crippen molar-refractivity contribution < 1.29 is 75.3 Å². The standard InChI is InChI=1S/C15H11ClF3NO4.C15H22ClNO2.C11H13Cl2NO3.C3H8NO5P.C3H9S/c1-2-23-14-8-10(4-5-12(14)20(21)22)24-13-6-3-9(7-11(13)16)15(17,18)19;1-5-13-8-6-7-11(2)15(13)17(14(18)9-16)12(3)10-19-4;1-11(2)14(10(15)9(12)13)6-8(17-11)7-4-3-5-16-7;5-3(6)1-4-2-10(7,8)9;1-4(2)3/h3-8H,2H2,1H3;6-8,12H,5,9-10H2,1-4H3;3-5,8-9H,6H2,1-2H3;4H,1-2H2,(H,5,6)(H2,7,8,9);1-3H3/q;;;;+1/p-1. The molecule has 3 unspecified atom stereocenters. The summed E-state index contributed by atoms with van der Waals surface area (Å²) in [6, 6.07) is 16.0. The summed E-state index contributed by atoms with van der Waals surface area (Å²) >= 11 is 22.8. The van der Waals surface area contributed by atoms with Gasteiger partial charge in [-0.1, -0.05) is 59.9 Å². The number of carboxylic acids is 1. The maximum absolute atomic E-state index is 12.6. The van der Waals surface area contributed by atoms with Gasteiger partial charge >= 0.3 is 17.8 Å². The smallest absolute Gasteiger partial charge is 0.416 e. The zero-order chi connectivity index (χ0) is 56.7. The number of rotatable bonds is 17. The maximum Gasteiger partial charge on any atom is 0.416 e. The predicted molar refractivity (Wildman–Crippen MR) is 280 cm³/mol. The van der Waals surface area contributed by atoms with Crippen LogP contribution in [0.5, 0.6) is 17.2 Å². The topological polar surface area (TPSA) is 244 Å². The average molecular weight is 1170 g/mol. The predicted octanol–water partition coefficient (Wildman–Crippen LogP) is 10.00. The zero-order valence-corrected chi connectivity index (χ0v) is 47.0. The number of amides is 2. The molecule has 27 heteroatoms. The molecule has 1 saturated heterocycles. The second-order valence-electron chi connectivity index (χ2n) is 16.4. The number of nitrogens with zero attached hydrogens (tertiary/aromatic N) is 3. The van der Waals surface area contributed by atoms with Crippen molar-refractivity contribution in [1.82, 2.24) is 10.2 Å². The van der Waals surface area contributed by atoms with Crippen LogP contribution in [-0.4, -0.2) is 119 Å². The van der Waals surface area contributed by atoms with Crippen LogP contribution in [0, 0.1) is 17.0 Å². The number of carbonyl (C=O) groups excluding carboxylic acids is 2. The summed E-state index contributed by atoms with van der Waals surface area (Å²) in [7, 11) is -2.07. The maximum atomic E-state index is 12.6. The van der Waals surface area contributed by atoms with Crippen LogP contribution in [0.15, 0.2) is 77.4 Å². The van der Waals surface area contributed by atoms with Gasteiger partial charge in [0, 0.05) is 19.2 Å². The lowest BCUT2D eigenvalue weighted by atomic mass is 10.0. The van der Waals surface area contributed by atoms with Gasteiger partial charge in [0.05, 0.1) is 84.9 Å². The zero-order valence-electron chi connectivity index (χ0n) is 42.2. The number of alkyl halides is 6. The second-order valence-corrected chi connectivity index (χ2v) is 22.2. The van der Waals surface area contributed by atoms with Gasteiger partial charge in [-0.15, -0.1) is 11.6 Å². The van der Waals surface area contributed by atoms with E-state index in [2.05, 4.69) is 31.8 Å². The first kappa shape index (κ1) is 67.7. The first-order chi connectivity index (χ1) is 34.3. The number of para-hydroxylation sites is 1. The molecular formula is C47H62Cl4F3N4O14PS. The Morgan fingerprint density at radius 1 is 1.07 bits per heavy atom. The number of nitro benzene ring substituents is 1. The lowest BCUT2D eigenvalue weighted by molar-refractivity contribution is -0.385. The molecule has 414 valence electrons. The largest absolute Gasteiger partial charge is 0.778 e. The molecule has 74 heavy (non-hydrogen) atoms. The highest BCUT2D eigenvalue weighted by Gasteiger charge is 2.45. The summed E-state index contributed by atoms with van der Waals surface area (Å²) in [5, 5.41) is 20.6. The Kier molecular flexibility index (Phi) is 29.6. The van der Waals surface area contributed by atoms with Crippen LogP contribution in [0.1, 0.15) is 63.2 Å². The van der Waals surface area contributed by atoms with E-state index in [1.165, 1.54) is 23.1 Å². The summed E-state index contributed by atoms with van der Waals surface area (Å²) < 4.78 is 74.5. The van der Waals surface area contributed by atoms with Crippen molar-refractivity contribution >= 4 is 94.1 Å². The summed E-state index contributed by atoms with van der Waals surface area (Å²) in [5.41, 5.74) is 1.32. The molecule has 0 radical (unpaired) electrons. The van der Waals surface area contributed by atoms with E-state index in [4.69, 9.17) is 79.8 Å². The van der Waals surface area contributed by atoms with E-state index in [1.54, 1.807) is 45.1 Å². The number of nitrogens with one attached hydrogen (secondary N) is 1. The van der Waals surface area contributed by atoms with E-state index in [-0.39, 0.29) is 64.4 Å². The lowest BCUT2D eigenvalue weighted by Gasteiger charge is -2.31. The molecule has 4 aromatic rings. The number of carbonyl (C=O) groups is 3. The Labute approximate surface area is 451 Å². The van der Waals surface area contributed by atoms with Crippen molar-refractivity contribution in [3.05, 3.63) is 111 Å². The number of carboxylic acid groups (broad SMARTS) is 1. The molecule has 1 aliphatic heterocycles. The number of methoxy groups -OCH3 is 1. The number of ether oxygens (including phenoxy) is 4. The Balaban J connectivity index is 0.000000498. The van der Waals surface area contributed by atoms with Gasteiger partial charge in [-0.3, -0.25) is 29.8 Å². The number of hydrogen-bond donors (Lipinski definition) is 3. The summed E-state index contributed by atoms with van der Waals surface area (Å²) in [6.07, 6.45) is 3.53. The quantitative estimate of drug-likeness (QED) is 0.0293. The van der Waals surface area contributed by atoms with Gasteiger partial charge in [0.1, 0.15) is 42.6 Å². The van der Waals surface area contributed by atoms with Crippen molar-refractivity contribution in [3.63, 3.8) is 0 Å². The van der Waals surface area contributed by atoms with Crippen LogP contribution >= 0.6 is 54.0 Å². The van der Waals surface area contributed by atoms with Crippen LogP contribution in [0.2, 0.25) is 5.02 Å². The highest BCUT2D eigenvalue weighted by Crippen LogP contribution is 2.39. The number of aliphatic carboxylic acids is 1. The number of nitro groups is 1. The Morgan fingerprint density at radius 3 is 2.18 bits per heavy atom. The molecule has 1 fully saturated rings. The number of benzene rings is 3. The molecule has 1 aromatic heterocycles. The van der Waals surface area contributed by atoms with Crippen molar-refractivity contribution in [2.75, 3.05) is 69.2 Å². The molecule has 0 aliphatic carbocycles. The molecule has 5 rings (SSSR count). The first-order valence-electron chi connectivity index (χ1n) is 22.0. The first-order valence-corrected chi connectivity index (χ1v) is 28.0. The molecule has 0 spiro atoms. The number of halogens is 7. The van der Waals surface area contributed by atoms with Gasteiger partial charge in [0.2, 0.25) is 11.7 Å². The Morgan fingerprint density at radius 2 is 1.70 bits per heavy atom. The summed E-state index contributed by atoms with van der Waals surface area (Å²) in [4.78, 5) is 64.3. The van der Waals surface area contributed by atoms with Gasteiger partial charge < -0.3 is 52.6 Å². The van der Waals surface area contributed by atoms with Crippen molar-refractivity contribution in [1.29, 1.82) is 0 Å². The Bertz CT molecular complexity index is 2450. The number of anilines is 1. The summed E-state index contributed by atoms with van der Waals surface area (Å²) in [5.74, 6) is -0.828. The molecular weight excluding hydrogens is 1110 g/mol. The number of aryl methyl sites for hydroxylation is 2. The third-order valence-electron chi connectivity index (χ3n) is 9.42. The van der Waals surface area contributed by atoms with E-state index in [0.29, 0.717) is 29.8 Å². The van der Waals surface area contributed by atoms with Gasteiger partial charge in [0.15, 0.2) is 4.84 Å². The van der Waals surface area contributed by atoms with Gasteiger partial charge in [-0.05, 0) is 99.5 Å². The highest BCUT2D eigenvalue weighted by atomic mass is 35.5. The van der Waals surface area contributed by atoms with Crippen LogP contribution in [0.25, 0.3) is 0 Å². The third kappa shape index (κ3) is 23.7. The second kappa shape index (κ2) is 32.3. The summed E-state index contributed by atoms with van der Waals surface area (Å²) in [6.45, 7) is 11.9. The molecule has 0 saturated carbocycles. The molecule has 3 atom stereocenters. The van der Waals surface area contributed by atoms with E-state index in [1.807, 2.05) is 37.4 Å². The molecule has 2 heterocycles. The van der Waals surface area contributed by atoms with Crippen LogP contribution in [0.3, 0.4) is 0 Å². The van der Waals surface area contributed by atoms with Crippen LogP contribution < -0.4 is 24.6 Å². The van der Waals surface area contributed by atoms with Gasteiger partial charge in [0.25, 0.3) is 5.91 Å². The SMILES string of the molecule is CC1(C)OC(c2ccco2)CN1C(=O)C(Cl)Cl.CCOc1cc(Oc2ccc(C(F)(F)F)cc2Cl)ccc1[N+](=O)[O-].CCc1cccc(C)c1N(C(=O)CCl)C(C)COC.C[S+](C)C.O=C(O)CNCP(=O)([O-])O. The number of furan rings is 1. The van der Waals surface area contributed by atoms with Crippen molar-refractivity contribution in [3.8, 4) is 17.2 Å². The van der Waals surface area contributed by atoms with E-state index >= 15 is 0 Å². The molecule has 3 aromatic carbocycles. The lowest BCUT2D eigenvalue weighted by Crippen LogP contribution is -2.45. The van der Waals surface area contributed by atoms with Crippen molar-refractivity contribution in [2.24, 2.45) is 0 Å². The molecule has 3 N–H and O–H groups in total. The monoisotopic (exact) mass is 1170 g/mol. The van der Waals surface area contributed by atoms with Crippen LogP contribution in [0.4, 0.5) is 24.5 Å².